The molecule has 0 fully saturated rings. The lowest BCUT2D eigenvalue weighted by Gasteiger charge is -2.15. The lowest BCUT2D eigenvalue weighted by Crippen LogP contribution is -2.28. The summed E-state index contributed by atoms with van der Waals surface area (Å²) in [6.45, 7) is 2.19. The van der Waals surface area contributed by atoms with Crippen LogP contribution in [0, 0.1) is 18.3 Å². The van der Waals surface area contributed by atoms with Crippen molar-refractivity contribution < 1.29 is 4.79 Å². The molecule has 6 heteroatoms. The number of carbonyl (C=O) groups is 1. The van der Waals surface area contributed by atoms with Gasteiger partial charge in [-0.2, -0.15) is 10.4 Å². The summed E-state index contributed by atoms with van der Waals surface area (Å²) >= 11 is 0. The van der Waals surface area contributed by atoms with Gasteiger partial charge in [-0.25, -0.2) is 4.98 Å². The van der Waals surface area contributed by atoms with Crippen molar-refractivity contribution in [3.05, 3.63) is 47.0 Å². The van der Waals surface area contributed by atoms with E-state index in [9.17, 15) is 4.79 Å². The average Bonchev–Trinajstić information content (AvgIpc) is 2.85. The number of aryl methyl sites for hydroxylation is 1. The zero-order valence-electron chi connectivity index (χ0n) is 11.4. The van der Waals surface area contributed by atoms with Gasteiger partial charge in [-0.15, -0.1) is 0 Å². The van der Waals surface area contributed by atoms with Crippen LogP contribution in [0.1, 0.15) is 22.8 Å². The molecule has 0 radical (unpaired) electrons. The fourth-order valence-electron chi connectivity index (χ4n) is 1.77. The van der Waals surface area contributed by atoms with Crippen molar-refractivity contribution in [2.45, 2.75) is 19.9 Å². The van der Waals surface area contributed by atoms with Crippen LogP contribution in [0.15, 0.2) is 24.3 Å². The summed E-state index contributed by atoms with van der Waals surface area (Å²) in [6.07, 6.45) is 0.297. The summed E-state index contributed by atoms with van der Waals surface area (Å²) in [6, 6.07) is 9.05. The fraction of sp³-hybridized carbons (Fsp3) is 0.286. The normalized spacial score (nSPS) is 10.1. The maximum absolute atomic E-state index is 12.1. The number of nitrogens with zero attached hydrogens (tertiary/aromatic N) is 4. The van der Waals surface area contributed by atoms with E-state index in [0.29, 0.717) is 24.4 Å². The molecule has 1 aromatic heterocycles. The first-order chi connectivity index (χ1) is 9.58. The number of carbonyl (C=O) groups excluding carboxylic acids is 1. The molecule has 0 bridgehead atoms. The number of H-pyrrole nitrogens is 1. The van der Waals surface area contributed by atoms with E-state index in [1.807, 2.05) is 13.0 Å². The molecule has 0 aliphatic heterocycles. The van der Waals surface area contributed by atoms with E-state index in [0.717, 1.165) is 11.4 Å². The molecule has 2 aromatic rings. The van der Waals surface area contributed by atoms with Gasteiger partial charge in [-0.1, -0.05) is 12.1 Å². The van der Waals surface area contributed by atoms with Crippen LogP contribution in [0.5, 0.6) is 0 Å². The van der Waals surface area contributed by atoms with E-state index < -0.39 is 0 Å². The Morgan fingerprint density at radius 2 is 2.10 bits per heavy atom. The van der Waals surface area contributed by atoms with Gasteiger partial charge in [0.25, 0.3) is 0 Å². The summed E-state index contributed by atoms with van der Waals surface area (Å²) in [7, 11) is 1.72. The van der Waals surface area contributed by atoms with E-state index in [1.54, 1.807) is 36.2 Å². The average molecular weight is 269 g/mol. The molecule has 0 aliphatic carbocycles. The predicted octanol–water partition coefficient (Wildman–Crippen LogP) is 1.19. The van der Waals surface area contributed by atoms with Gasteiger partial charge in [-0.3, -0.25) is 9.89 Å². The Bertz CT molecular complexity index is 638. The third-order valence-electron chi connectivity index (χ3n) is 2.89. The van der Waals surface area contributed by atoms with E-state index >= 15 is 0 Å². The maximum atomic E-state index is 12.1. The third kappa shape index (κ3) is 3.42. The van der Waals surface area contributed by atoms with Crippen molar-refractivity contribution in [3.63, 3.8) is 0 Å². The van der Waals surface area contributed by atoms with Crippen molar-refractivity contribution >= 4 is 5.91 Å². The summed E-state index contributed by atoms with van der Waals surface area (Å²) in [5.74, 6) is 1.31. The number of hydrogen-bond acceptors (Lipinski definition) is 4. The van der Waals surface area contributed by atoms with Crippen molar-refractivity contribution in [3.8, 4) is 6.07 Å². The number of nitriles is 1. The van der Waals surface area contributed by atoms with Crippen LogP contribution in [0.3, 0.4) is 0 Å². The number of aromatic nitrogens is 3. The van der Waals surface area contributed by atoms with E-state index in [4.69, 9.17) is 5.26 Å². The Labute approximate surface area is 117 Å². The minimum atomic E-state index is -0.0165. The highest BCUT2D eigenvalue weighted by Gasteiger charge is 2.12. The van der Waals surface area contributed by atoms with E-state index in [2.05, 4.69) is 15.2 Å². The molecule has 1 N–H and O–H groups in total. The zero-order chi connectivity index (χ0) is 14.5. The van der Waals surface area contributed by atoms with Crippen LogP contribution in [-0.4, -0.2) is 33.0 Å². The molecule has 102 valence electrons. The van der Waals surface area contributed by atoms with E-state index in [1.165, 1.54) is 0 Å². The molecule has 1 heterocycles. The third-order valence-corrected chi connectivity index (χ3v) is 2.89. The van der Waals surface area contributed by atoms with Crippen LogP contribution in [0.25, 0.3) is 0 Å². The number of benzene rings is 1. The highest BCUT2D eigenvalue weighted by molar-refractivity contribution is 5.78. The first-order valence-electron chi connectivity index (χ1n) is 6.19. The van der Waals surface area contributed by atoms with Gasteiger partial charge in [-0.05, 0) is 24.6 Å². The second-order valence-corrected chi connectivity index (χ2v) is 4.57. The summed E-state index contributed by atoms with van der Waals surface area (Å²) < 4.78 is 0. The van der Waals surface area contributed by atoms with Gasteiger partial charge in [0.1, 0.15) is 5.82 Å². The quantitative estimate of drug-likeness (QED) is 0.903. The molecular weight excluding hydrogens is 254 g/mol. The zero-order valence-corrected chi connectivity index (χ0v) is 11.4. The van der Waals surface area contributed by atoms with Crippen LogP contribution in [-0.2, 0) is 17.8 Å². The summed E-state index contributed by atoms with van der Waals surface area (Å²) in [5, 5.41) is 15.5. The lowest BCUT2D eigenvalue weighted by atomic mass is 10.1. The van der Waals surface area contributed by atoms with Crippen LogP contribution >= 0.6 is 0 Å². The molecule has 0 aliphatic rings. The molecule has 6 nitrogen and oxygen atoms in total. The molecule has 1 aromatic carbocycles. The number of aromatic amines is 1. The summed E-state index contributed by atoms with van der Waals surface area (Å²) in [4.78, 5) is 17.8. The molecule has 0 unspecified atom stereocenters. The first-order valence-corrected chi connectivity index (χ1v) is 6.19. The molecule has 2 rings (SSSR count). The molecule has 0 saturated heterocycles. The molecule has 0 saturated carbocycles. The second-order valence-electron chi connectivity index (χ2n) is 4.57. The summed E-state index contributed by atoms with van der Waals surface area (Å²) in [5.41, 5.74) is 1.47. The monoisotopic (exact) mass is 269 g/mol. The van der Waals surface area contributed by atoms with Crippen LogP contribution in [0.4, 0.5) is 0 Å². The Morgan fingerprint density at radius 1 is 1.40 bits per heavy atom. The van der Waals surface area contributed by atoms with Crippen molar-refractivity contribution in [1.29, 1.82) is 5.26 Å². The minimum absolute atomic E-state index is 0.0165. The SMILES string of the molecule is Cc1nc(CN(C)C(=O)Cc2ccc(C#N)cc2)n[nH]1. The fourth-order valence-corrected chi connectivity index (χ4v) is 1.77. The van der Waals surface area contributed by atoms with Gasteiger partial charge < -0.3 is 4.90 Å². The minimum Gasteiger partial charge on any atom is -0.338 e. The molecule has 1 amide bonds. The highest BCUT2D eigenvalue weighted by Crippen LogP contribution is 2.06. The van der Waals surface area contributed by atoms with Crippen molar-refractivity contribution in [1.82, 2.24) is 20.1 Å². The second kappa shape index (κ2) is 5.97. The molecule has 0 spiro atoms. The topological polar surface area (TPSA) is 85.7 Å². The van der Waals surface area contributed by atoms with Crippen molar-refractivity contribution in [2.24, 2.45) is 0 Å². The predicted molar refractivity (Wildman–Crippen MR) is 72.5 cm³/mol. The van der Waals surface area contributed by atoms with Gasteiger partial charge in [0.05, 0.1) is 24.6 Å². The number of likely N-dealkylation sites (N-methyl/N-ethyl adjacent to an activating group) is 1. The Morgan fingerprint density at radius 3 is 2.65 bits per heavy atom. The molecule has 20 heavy (non-hydrogen) atoms. The maximum Gasteiger partial charge on any atom is 0.227 e. The smallest absolute Gasteiger partial charge is 0.227 e. The van der Waals surface area contributed by atoms with Crippen LogP contribution < -0.4 is 0 Å². The first kappa shape index (κ1) is 13.7. The van der Waals surface area contributed by atoms with Gasteiger partial charge in [0.2, 0.25) is 5.91 Å². The lowest BCUT2D eigenvalue weighted by molar-refractivity contribution is -0.129. The van der Waals surface area contributed by atoms with Gasteiger partial charge >= 0.3 is 0 Å². The Balaban J connectivity index is 1.95. The van der Waals surface area contributed by atoms with Crippen molar-refractivity contribution in [2.75, 3.05) is 7.05 Å². The largest absolute Gasteiger partial charge is 0.338 e. The number of nitrogens with one attached hydrogen (secondary N) is 1. The van der Waals surface area contributed by atoms with E-state index in [-0.39, 0.29) is 5.91 Å². The number of amides is 1. The Hall–Kier alpha value is -2.68. The van der Waals surface area contributed by atoms with Gasteiger partial charge in [0.15, 0.2) is 5.82 Å². The standard InChI is InChI=1S/C14H15N5O/c1-10-16-13(18-17-10)9-19(2)14(20)7-11-3-5-12(8-15)6-4-11/h3-6H,7,9H2,1-2H3,(H,16,17,18). The highest BCUT2D eigenvalue weighted by atomic mass is 16.2. The number of rotatable bonds is 4. The Kier molecular flexibility index (Phi) is 4.11. The number of hydrogen-bond donors (Lipinski definition) is 1. The molecular formula is C14H15N5O. The molecule has 0 atom stereocenters. The van der Waals surface area contributed by atoms with Crippen LogP contribution in [0.2, 0.25) is 0 Å². The van der Waals surface area contributed by atoms with Gasteiger partial charge in [0, 0.05) is 7.05 Å².